The number of hydrogen-bond donors (Lipinski definition) is 2. The number of carbonyl (C=O) groups excluding carboxylic acids is 1. The van der Waals surface area contributed by atoms with Gasteiger partial charge in [-0.05, 0) is 39.7 Å². The van der Waals surface area contributed by atoms with E-state index in [1.54, 1.807) is 20.8 Å². The molecule has 0 fully saturated rings. The van der Waals surface area contributed by atoms with E-state index in [4.69, 9.17) is 10.5 Å². The molecule has 0 aliphatic heterocycles. The zero-order chi connectivity index (χ0) is 16.2. The fourth-order valence-electron chi connectivity index (χ4n) is 1.94. The molecule has 1 aromatic rings. The lowest BCUT2D eigenvalue weighted by Crippen LogP contribution is -2.45. The summed E-state index contributed by atoms with van der Waals surface area (Å²) in [5.41, 5.74) is 7.18. The largest absolute Gasteiger partial charge is 0.481 e. The zero-order valence-corrected chi connectivity index (χ0v) is 12.9. The molecular weight excluding hydrogens is 270 g/mol. The third-order valence-electron chi connectivity index (χ3n) is 2.95. The predicted octanol–water partition coefficient (Wildman–Crippen LogP) is 1.91. The van der Waals surface area contributed by atoms with E-state index in [2.05, 4.69) is 0 Å². The van der Waals surface area contributed by atoms with Crippen LogP contribution in [0.4, 0.5) is 0 Å². The van der Waals surface area contributed by atoms with Crippen LogP contribution in [0.3, 0.4) is 0 Å². The molecule has 0 aromatic heterocycles. The molecule has 0 heterocycles. The highest BCUT2D eigenvalue weighted by Gasteiger charge is 2.36. The quantitative estimate of drug-likeness (QED) is 0.639. The maximum Gasteiger partial charge on any atom is 0.322 e. The van der Waals surface area contributed by atoms with E-state index in [1.807, 2.05) is 31.2 Å². The van der Waals surface area contributed by atoms with Crippen LogP contribution in [0.5, 0.6) is 0 Å². The van der Waals surface area contributed by atoms with Crippen LogP contribution in [0.15, 0.2) is 24.3 Å². The van der Waals surface area contributed by atoms with E-state index in [1.165, 1.54) is 0 Å². The molecule has 116 valence electrons. The van der Waals surface area contributed by atoms with Gasteiger partial charge < -0.3 is 15.6 Å². The Morgan fingerprint density at radius 3 is 2.19 bits per heavy atom. The molecule has 0 aliphatic rings. The van der Waals surface area contributed by atoms with Gasteiger partial charge in [0, 0.05) is 6.04 Å². The van der Waals surface area contributed by atoms with Crippen LogP contribution < -0.4 is 5.73 Å². The minimum Gasteiger partial charge on any atom is -0.481 e. The fraction of sp³-hybridized carbons (Fsp3) is 0.500. The van der Waals surface area contributed by atoms with Crippen molar-refractivity contribution in [1.29, 1.82) is 0 Å². The Morgan fingerprint density at radius 2 is 1.76 bits per heavy atom. The highest BCUT2D eigenvalue weighted by molar-refractivity contribution is 5.95. The van der Waals surface area contributed by atoms with Crippen molar-refractivity contribution >= 4 is 11.9 Å². The lowest BCUT2D eigenvalue weighted by molar-refractivity contribution is -0.167. The average Bonchev–Trinajstić information content (AvgIpc) is 2.29. The van der Waals surface area contributed by atoms with Gasteiger partial charge in [0.25, 0.3) is 0 Å². The molecule has 0 spiro atoms. The second-order valence-corrected chi connectivity index (χ2v) is 6.20. The molecule has 0 saturated carbocycles. The molecule has 0 unspecified atom stereocenters. The zero-order valence-electron chi connectivity index (χ0n) is 12.9. The third kappa shape index (κ3) is 5.55. The van der Waals surface area contributed by atoms with Gasteiger partial charge in [-0.3, -0.25) is 9.59 Å². The Morgan fingerprint density at radius 1 is 1.24 bits per heavy atom. The lowest BCUT2D eigenvalue weighted by Gasteiger charge is -2.25. The number of benzene rings is 1. The predicted molar refractivity (Wildman–Crippen MR) is 79.8 cm³/mol. The summed E-state index contributed by atoms with van der Waals surface area (Å²) in [6, 6.07) is 6.77. The molecule has 0 radical (unpaired) electrons. The lowest BCUT2D eigenvalue weighted by atomic mass is 9.93. The Bertz CT molecular complexity index is 502. The number of aryl methyl sites for hydroxylation is 1. The van der Waals surface area contributed by atoms with E-state index in [-0.39, 0.29) is 0 Å². The molecule has 1 rings (SSSR count). The van der Waals surface area contributed by atoms with Gasteiger partial charge in [-0.2, -0.15) is 0 Å². The van der Waals surface area contributed by atoms with E-state index >= 15 is 0 Å². The smallest absolute Gasteiger partial charge is 0.322 e. The monoisotopic (exact) mass is 293 g/mol. The van der Waals surface area contributed by atoms with Gasteiger partial charge in [-0.1, -0.05) is 29.8 Å². The Labute approximate surface area is 125 Å². The summed E-state index contributed by atoms with van der Waals surface area (Å²) in [6.07, 6.45) is 0.302. The van der Waals surface area contributed by atoms with Crippen LogP contribution in [-0.4, -0.2) is 28.7 Å². The molecule has 3 N–H and O–H groups in total. The number of ether oxygens (including phenoxy) is 1. The Balaban J connectivity index is 2.82. The van der Waals surface area contributed by atoms with Crippen molar-refractivity contribution in [2.75, 3.05) is 0 Å². The maximum absolute atomic E-state index is 12.0. The van der Waals surface area contributed by atoms with Crippen molar-refractivity contribution in [3.8, 4) is 0 Å². The average molecular weight is 293 g/mol. The number of hydrogen-bond acceptors (Lipinski definition) is 4. The molecule has 0 amide bonds. The Kier molecular flexibility index (Phi) is 5.49. The first-order valence-corrected chi connectivity index (χ1v) is 6.87. The van der Waals surface area contributed by atoms with E-state index in [0.717, 1.165) is 11.1 Å². The van der Waals surface area contributed by atoms with Crippen LogP contribution in [0.25, 0.3) is 0 Å². The van der Waals surface area contributed by atoms with Gasteiger partial charge in [0.05, 0.1) is 0 Å². The molecule has 21 heavy (non-hydrogen) atoms. The third-order valence-corrected chi connectivity index (χ3v) is 2.95. The number of esters is 1. The minimum atomic E-state index is -1.37. The number of nitrogens with two attached hydrogens (primary N) is 1. The summed E-state index contributed by atoms with van der Waals surface area (Å²) in [4.78, 5) is 23.3. The van der Waals surface area contributed by atoms with Crippen molar-refractivity contribution < 1.29 is 19.4 Å². The number of carbonyl (C=O) groups is 2. The highest BCUT2D eigenvalue weighted by Crippen LogP contribution is 2.16. The van der Waals surface area contributed by atoms with Crippen LogP contribution in [-0.2, 0) is 20.7 Å². The van der Waals surface area contributed by atoms with Crippen molar-refractivity contribution in [1.82, 2.24) is 0 Å². The van der Waals surface area contributed by atoms with Crippen molar-refractivity contribution in [3.05, 3.63) is 35.4 Å². The molecule has 0 aliphatic carbocycles. The van der Waals surface area contributed by atoms with E-state index in [0.29, 0.717) is 6.42 Å². The molecule has 0 bridgehead atoms. The van der Waals surface area contributed by atoms with Crippen LogP contribution in [0.2, 0.25) is 0 Å². The van der Waals surface area contributed by atoms with E-state index in [9.17, 15) is 14.7 Å². The van der Waals surface area contributed by atoms with Crippen molar-refractivity contribution in [2.24, 2.45) is 11.7 Å². The van der Waals surface area contributed by atoms with Crippen LogP contribution in [0, 0.1) is 12.8 Å². The molecule has 5 nitrogen and oxygen atoms in total. The fourth-order valence-corrected chi connectivity index (χ4v) is 1.94. The van der Waals surface area contributed by atoms with E-state index < -0.39 is 29.5 Å². The topological polar surface area (TPSA) is 89.6 Å². The summed E-state index contributed by atoms with van der Waals surface area (Å²) in [6.45, 7) is 7.03. The number of carboxylic acids is 1. The van der Waals surface area contributed by atoms with Crippen LogP contribution >= 0.6 is 0 Å². The molecule has 1 aromatic carbocycles. The van der Waals surface area contributed by atoms with Crippen molar-refractivity contribution in [2.45, 2.75) is 45.8 Å². The first kappa shape index (κ1) is 17.2. The minimum absolute atomic E-state index is 0.302. The maximum atomic E-state index is 12.0. The summed E-state index contributed by atoms with van der Waals surface area (Å²) in [5.74, 6) is -3.43. The summed E-state index contributed by atoms with van der Waals surface area (Å²) < 4.78 is 5.14. The highest BCUT2D eigenvalue weighted by atomic mass is 16.6. The number of aliphatic carboxylic acids is 1. The van der Waals surface area contributed by atoms with Crippen molar-refractivity contribution in [3.63, 3.8) is 0 Å². The summed E-state index contributed by atoms with van der Waals surface area (Å²) >= 11 is 0. The van der Waals surface area contributed by atoms with Gasteiger partial charge in [0.15, 0.2) is 5.92 Å². The van der Waals surface area contributed by atoms with Crippen LogP contribution in [0.1, 0.15) is 31.9 Å². The number of rotatable bonds is 5. The molecule has 2 atom stereocenters. The van der Waals surface area contributed by atoms with Gasteiger partial charge in [-0.25, -0.2) is 0 Å². The SMILES string of the molecule is Cc1ccc(C[C@H](N)[C@@H](C(=O)O)C(=O)OC(C)(C)C)cc1. The molecule has 5 heteroatoms. The number of carboxylic acid groups (broad SMARTS) is 1. The second kappa shape index (κ2) is 6.72. The Hall–Kier alpha value is -1.88. The summed E-state index contributed by atoms with van der Waals surface area (Å²) in [5, 5.41) is 9.25. The molecule has 0 saturated heterocycles. The first-order valence-electron chi connectivity index (χ1n) is 6.87. The van der Waals surface area contributed by atoms with Gasteiger partial charge in [-0.15, -0.1) is 0 Å². The normalized spacial score (nSPS) is 14.3. The standard InChI is InChI=1S/C16H23NO4/c1-10-5-7-11(8-6-10)9-12(17)13(14(18)19)15(20)21-16(2,3)4/h5-8,12-13H,9,17H2,1-4H3,(H,18,19)/t12-,13-/m0/s1. The summed E-state index contributed by atoms with van der Waals surface area (Å²) in [7, 11) is 0. The van der Waals surface area contributed by atoms with Gasteiger partial charge in [0.2, 0.25) is 0 Å². The van der Waals surface area contributed by atoms with Gasteiger partial charge in [0.1, 0.15) is 5.60 Å². The molecular formula is C16H23NO4. The second-order valence-electron chi connectivity index (χ2n) is 6.20. The first-order chi connectivity index (χ1) is 9.60. The van der Waals surface area contributed by atoms with Gasteiger partial charge >= 0.3 is 11.9 Å².